The predicted molar refractivity (Wildman–Crippen MR) is 64.4 cm³/mol. The first-order chi connectivity index (χ1) is 8.21. The summed E-state index contributed by atoms with van der Waals surface area (Å²) in [5, 5.41) is 0. The number of hydrogen-bond acceptors (Lipinski definition) is 4. The monoisotopic (exact) mass is 235 g/mol. The van der Waals surface area contributed by atoms with E-state index in [2.05, 4.69) is 4.90 Å². The highest BCUT2D eigenvalue weighted by Gasteiger charge is 2.19. The van der Waals surface area contributed by atoms with Gasteiger partial charge in [0, 0.05) is 25.6 Å². The van der Waals surface area contributed by atoms with Crippen molar-refractivity contribution in [3.05, 3.63) is 23.8 Å². The Morgan fingerprint density at radius 2 is 1.82 bits per heavy atom. The quantitative estimate of drug-likeness (QED) is 0.792. The maximum Gasteiger partial charge on any atom is 0.148 e. The first-order valence-electron chi connectivity index (χ1n) is 5.67. The van der Waals surface area contributed by atoms with Crippen LogP contribution in [0.4, 0.5) is 0 Å². The first-order valence-corrected chi connectivity index (χ1v) is 5.67. The van der Waals surface area contributed by atoms with Crippen molar-refractivity contribution in [3.63, 3.8) is 0 Å². The molecule has 2 rings (SSSR count). The van der Waals surface area contributed by atoms with Crippen LogP contribution in [0.15, 0.2) is 18.2 Å². The molecule has 0 unspecified atom stereocenters. The number of nitrogens with zero attached hydrogens (tertiary/aromatic N) is 1. The van der Waals surface area contributed by atoms with Crippen LogP contribution in [0.1, 0.15) is 12.0 Å². The number of benzene rings is 1. The minimum absolute atomic E-state index is 0.319. The molecule has 0 spiro atoms. The van der Waals surface area contributed by atoms with Crippen molar-refractivity contribution in [2.45, 2.75) is 13.0 Å². The topological polar surface area (TPSA) is 38.8 Å². The van der Waals surface area contributed by atoms with Crippen molar-refractivity contribution in [1.29, 1.82) is 0 Å². The molecule has 0 atom stereocenters. The zero-order valence-corrected chi connectivity index (χ0v) is 10.2. The second kappa shape index (κ2) is 5.19. The van der Waals surface area contributed by atoms with Crippen LogP contribution in [0.3, 0.4) is 0 Å². The number of ketones is 1. The molecule has 0 N–H and O–H groups in total. The van der Waals surface area contributed by atoms with E-state index in [9.17, 15) is 4.79 Å². The molecule has 0 aromatic heterocycles. The van der Waals surface area contributed by atoms with E-state index in [1.165, 1.54) is 0 Å². The lowest BCUT2D eigenvalue weighted by molar-refractivity contribution is -0.116. The van der Waals surface area contributed by atoms with Crippen LogP contribution in [0.25, 0.3) is 0 Å². The maximum atomic E-state index is 11.2. The fourth-order valence-corrected chi connectivity index (χ4v) is 2.04. The van der Waals surface area contributed by atoms with Gasteiger partial charge in [0.2, 0.25) is 0 Å². The number of rotatable bonds is 4. The van der Waals surface area contributed by atoms with Crippen molar-refractivity contribution in [3.8, 4) is 11.5 Å². The summed E-state index contributed by atoms with van der Waals surface area (Å²) in [6, 6.07) is 5.80. The summed E-state index contributed by atoms with van der Waals surface area (Å²) in [7, 11) is 3.27. The Morgan fingerprint density at radius 3 is 2.29 bits per heavy atom. The highest BCUT2D eigenvalue weighted by molar-refractivity contribution is 5.82. The zero-order chi connectivity index (χ0) is 12.3. The van der Waals surface area contributed by atoms with Crippen molar-refractivity contribution in [2.24, 2.45) is 0 Å². The number of methoxy groups -OCH3 is 2. The second-order valence-electron chi connectivity index (χ2n) is 4.22. The molecule has 0 aliphatic carbocycles. The van der Waals surface area contributed by atoms with Crippen LogP contribution in [0.5, 0.6) is 11.5 Å². The van der Waals surface area contributed by atoms with Crippen LogP contribution in [0, 0.1) is 0 Å². The molecule has 4 nitrogen and oxygen atoms in total. The summed E-state index contributed by atoms with van der Waals surface area (Å²) >= 11 is 0. The van der Waals surface area contributed by atoms with Crippen LogP contribution in [0.2, 0.25) is 0 Å². The summed E-state index contributed by atoms with van der Waals surface area (Å²) < 4.78 is 10.4. The van der Waals surface area contributed by atoms with Crippen molar-refractivity contribution < 1.29 is 14.3 Å². The Hall–Kier alpha value is -1.55. The summed E-state index contributed by atoms with van der Waals surface area (Å²) in [5.41, 5.74) is 1.11. The van der Waals surface area contributed by atoms with Crippen LogP contribution in [-0.2, 0) is 11.3 Å². The number of likely N-dealkylation sites (tertiary alicyclic amines) is 1. The van der Waals surface area contributed by atoms with Gasteiger partial charge in [0.1, 0.15) is 17.3 Å². The lowest BCUT2D eigenvalue weighted by atomic mass is 10.2. The van der Waals surface area contributed by atoms with Crippen LogP contribution >= 0.6 is 0 Å². The fraction of sp³-hybridized carbons (Fsp3) is 0.462. The van der Waals surface area contributed by atoms with Gasteiger partial charge >= 0.3 is 0 Å². The molecular formula is C13H17NO3. The lowest BCUT2D eigenvalue weighted by Crippen LogP contribution is -2.20. The van der Waals surface area contributed by atoms with Crippen molar-refractivity contribution in [2.75, 3.05) is 27.3 Å². The molecule has 0 amide bonds. The van der Waals surface area contributed by atoms with Gasteiger partial charge in [-0.2, -0.15) is 0 Å². The van der Waals surface area contributed by atoms with E-state index in [-0.39, 0.29) is 0 Å². The standard InChI is InChI=1S/C13H17NO3/c1-16-12-5-10(6-13(7-12)17-2)8-14-4-3-11(15)9-14/h5-7H,3-4,8-9H2,1-2H3. The molecule has 0 saturated carbocycles. The van der Waals surface area contributed by atoms with Gasteiger partial charge in [0.05, 0.1) is 20.8 Å². The highest BCUT2D eigenvalue weighted by atomic mass is 16.5. The molecule has 1 aliphatic heterocycles. The molecular weight excluding hydrogens is 218 g/mol. The zero-order valence-electron chi connectivity index (χ0n) is 10.2. The average molecular weight is 235 g/mol. The number of carbonyl (C=O) groups excluding carboxylic acids is 1. The summed E-state index contributed by atoms with van der Waals surface area (Å²) in [6.45, 7) is 2.16. The van der Waals surface area contributed by atoms with E-state index in [4.69, 9.17) is 9.47 Å². The number of hydrogen-bond donors (Lipinski definition) is 0. The molecule has 0 radical (unpaired) electrons. The average Bonchev–Trinajstić information content (AvgIpc) is 2.74. The van der Waals surface area contributed by atoms with Gasteiger partial charge in [-0.3, -0.25) is 9.69 Å². The maximum absolute atomic E-state index is 11.2. The van der Waals surface area contributed by atoms with E-state index in [0.29, 0.717) is 18.7 Å². The van der Waals surface area contributed by atoms with E-state index >= 15 is 0 Å². The summed E-state index contributed by atoms with van der Waals surface area (Å²) in [4.78, 5) is 13.3. The van der Waals surface area contributed by atoms with Crippen molar-refractivity contribution in [1.82, 2.24) is 4.90 Å². The Morgan fingerprint density at radius 1 is 1.18 bits per heavy atom. The van der Waals surface area contributed by atoms with E-state index in [0.717, 1.165) is 30.2 Å². The van der Waals surface area contributed by atoms with Gasteiger partial charge < -0.3 is 9.47 Å². The Bertz CT molecular complexity index is 395. The molecule has 92 valence electrons. The van der Waals surface area contributed by atoms with Crippen LogP contribution < -0.4 is 9.47 Å². The molecule has 0 bridgehead atoms. The molecule has 1 saturated heterocycles. The minimum Gasteiger partial charge on any atom is -0.497 e. The van der Waals surface area contributed by atoms with Gasteiger partial charge in [0.25, 0.3) is 0 Å². The minimum atomic E-state index is 0.319. The largest absolute Gasteiger partial charge is 0.497 e. The molecule has 17 heavy (non-hydrogen) atoms. The van der Waals surface area contributed by atoms with Crippen LogP contribution in [-0.4, -0.2) is 38.0 Å². The second-order valence-corrected chi connectivity index (χ2v) is 4.22. The smallest absolute Gasteiger partial charge is 0.148 e. The molecule has 1 aromatic rings. The van der Waals surface area contributed by atoms with E-state index in [1.54, 1.807) is 14.2 Å². The summed E-state index contributed by atoms with van der Waals surface area (Å²) in [6.07, 6.45) is 0.668. The van der Waals surface area contributed by atoms with Gasteiger partial charge in [-0.15, -0.1) is 0 Å². The fourth-order valence-electron chi connectivity index (χ4n) is 2.04. The Kier molecular flexibility index (Phi) is 3.64. The summed E-state index contributed by atoms with van der Waals surface area (Å²) in [5.74, 6) is 1.88. The molecule has 1 aliphatic rings. The first kappa shape index (κ1) is 11.9. The molecule has 1 fully saturated rings. The lowest BCUT2D eigenvalue weighted by Gasteiger charge is -2.15. The van der Waals surface area contributed by atoms with Gasteiger partial charge in [-0.1, -0.05) is 0 Å². The number of Topliss-reactive ketones (excluding diaryl/α,β-unsaturated/α-hetero) is 1. The third-order valence-corrected chi connectivity index (χ3v) is 2.92. The van der Waals surface area contributed by atoms with E-state index in [1.807, 2.05) is 18.2 Å². The number of ether oxygens (including phenoxy) is 2. The normalized spacial score (nSPS) is 16.2. The van der Waals surface area contributed by atoms with Gasteiger partial charge in [-0.25, -0.2) is 0 Å². The third kappa shape index (κ3) is 2.97. The Balaban J connectivity index is 2.11. The molecule has 1 heterocycles. The number of carbonyl (C=O) groups is 1. The Labute approximate surface area is 101 Å². The molecule has 4 heteroatoms. The SMILES string of the molecule is COc1cc(CN2CCC(=O)C2)cc(OC)c1. The van der Waals surface area contributed by atoms with Gasteiger partial charge in [-0.05, 0) is 17.7 Å². The third-order valence-electron chi connectivity index (χ3n) is 2.92. The van der Waals surface area contributed by atoms with Gasteiger partial charge in [0.15, 0.2) is 0 Å². The van der Waals surface area contributed by atoms with Crippen molar-refractivity contribution >= 4 is 5.78 Å². The van der Waals surface area contributed by atoms with E-state index < -0.39 is 0 Å². The highest BCUT2D eigenvalue weighted by Crippen LogP contribution is 2.24. The predicted octanol–water partition coefficient (Wildman–Crippen LogP) is 1.48. The molecule has 1 aromatic carbocycles.